The van der Waals surface area contributed by atoms with Crippen molar-refractivity contribution in [3.05, 3.63) is 53.5 Å². The van der Waals surface area contributed by atoms with E-state index in [0.29, 0.717) is 22.1 Å². The third-order valence-corrected chi connectivity index (χ3v) is 3.66. The fourth-order valence-electron chi connectivity index (χ4n) is 1.82. The van der Waals surface area contributed by atoms with Crippen molar-refractivity contribution in [2.24, 2.45) is 0 Å². The molecule has 0 radical (unpaired) electrons. The van der Waals surface area contributed by atoms with Crippen molar-refractivity contribution in [3.63, 3.8) is 0 Å². The first-order chi connectivity index (χ1) is 9.65. The van der Waals surface area contributed by atoms with E-state index in [1.165, 1.54) is 23.5 Å². The molecule has 2 N–H and O–H groups in total. The Hall–Kier alpha value is -2.34. The molecule has 0 aliphatic rings. The number of anilines is 1. The average molecular weight is 289 g/mol. The third-order valence-electron chi connectivity index (χ3n) is 2.78. The van der Waals surface area contributed by atoms with E-state index in [1.807, 2.05) is 0 Å². The normalized spacial score (nSPS) is 10.7. The number of nitrogen functional groups attached to an aromatic ring is 1. The van der Waals surface area contributed by atoms with Gasteiger partial charge in [-0.05, 0) is 24.3 Å². The molecule has 0 unspecified atom stereocenters. The number of hydrogen-bond donors (Lipinski definition) is 1. The number of nitrogens with two attached hydrogens (primary N) is 1. The van der Waals surface area contributed by atoms with Crippen LogP contribution in [0.3, 0.4) is 0 Å². The summed E-state index contributed by atoms with van der Waals surface area (Å²) in [4.78, 5) is 8.33. The first kappa shape index (κ1) is 12.7. The topological polar surface area (TPSA) is 51.8 Å². The zero-order valence-electron chi connectivity index (χ0n) is 10.2. The van der Waals surface area contributed by atoms with Crippen LogP contribution in [0.5, 0.6) is 0 Å². The van der Waals surface area contributed by atoms with Crippen molar-refractivity contribution >= 4 is 17.2 Å². The average Bonchev–Trinajstić information content (AvgIpc) is 2.88. The number of thiazole rings is 1. The summed E-state index contributed by atoms with van der Waals surface area (Å²) in [6.07, 6.45) is 1.59. The smallest absolute Gasteiger partial charge is 0.135 e. The van der Waals surface area contributed by atoms with E-state index >= 15 is 0 Å². The number of benzene rings is 1. The molecule has 0 saturated heterocycles. The molecule has 2 heterocycles. The van der Waals surface area contributed by atoms with Gasteiger partial charge < -0.3 is 5.73 Å². The van der Waals surface area contributed by atoms with Crippen molar-refractivity contribution < 1.29 is 8.78 Å². The molecule has 1 aromatic carbocycles. The van der Waals surface area contributed by atoms with Crippen LogP contribution >= 0.6 is 11.3 Å². The summed E-state index contributed by atoms with van der Waals surface area (Å²) in [6.45, 7) is 0. The Bertz CT molecular complexity index is 771. The highest BCUT2D eigenvalue weighted by molar-refractivity contribution is 7.13. The summed E-state index contributed by atoms with van der Waals surface area (Å²) < 4.78 is 26.6. The largest absolute Gasteiger partial charge is 0.383 e. The maximum atomic E-state index is 13.7. The van der Waals surface area contributed by atoms with Gasteiger partial charge in [0.2, 0.25) is 0 Å². The Morgan fingerprint density at radius 2 is 1.95 bits per heavy atom. The molecular formula is C14H9F2N3S. The highest BCUT2D eigenvalue weighted by atomic mass is 32.1. The third kappa shape index (κ3) is 2.25. The van der Waals surface area contributed by atoms with Crippen molar-refractivity contribution in [3.8, 4) is 21.8 Å². The fourth-order valence-corrected chi connectivity index (χ4v) is 2.67. The lowest BCUT2D eigenvalue weighted by atomic mass is 10.1. The molecule has 3 aromatic rings. The quantitative estimate of drug-likeness (QED) is 0.782. The fraction of sp³-hybridized carbons (Fsp3) is 0. The maximum Gasteiger partial charge on any atom is 0.135 e. The van der Waals surface area contributed by atoms with Crippen LogP contribution in [0, 0.1) is 11.6 Å². The number of pyridine rings is 1. The Morgan fingerprint density at radius 3 is 2.70 bits per heavy atom. The summed E-state index contributed by atoms with van der Waals surface area (Å²) in [5, 5.41) is 2.35. The van der Waals surface area contributed by atoms with E-state index in [9.17, 15) is 8.78 Å². The van der Waals surface area contributed by atoms with Crippen LogP contribution in [-0.2, 0) is 0 Å². The zero-order chi connectivity index (χ0) is 14.1. The number of aromatic nitrogens is 2. The molecule has 0 spiro atoms. The Labute approximate surface area is 117 Å². The minimum atomic E-state index is -0.638. The molecule has 0 aliphatic carbocycles. The summed E-state index contributed by atoms with van der Waals surface area (Å²) in [5.41, 5.74) is 7.19. The van der Waals surface area contributed by atoms with E-state index in [1.54, 1.807) is 23.7 Å². The van der Waals surface area contributed by atoms with Gasteiger partial charge in [-0.1, -0.05) is 0 Å². The van der Waals surface area contributed by atoms with Gasteiger partial charge in [0.05, 0.1) is 11.3 Å². The van der Waals surface area contributed by atoms with Gasteiger partial charge in [0.1, 0.15) is 22.5 Å². The molecule has 3 nitrogen and oxygen atoms in total. The van der Waals surface area contributed by atoms with Gasteiger partial charge in [-0.2, -0.15) is 0 Å². The molecule has 0 aliphatic heterocycles. The molecule has 20 heavy (non-hydrogen) atoms. The van der Waals surface area contributed by atoms with Crippen molar-refractivity contribution in [2.75, 3.05) is 5.73 Å². The Kier molecular flexibility index (Phi) is 3.15. The zero-order valence-corrected chi connectivity index (χ0v) is 11.0. The maximum absolute atomic E-state index is 13.7. The minimum Gasteiger partial charge on any atom is -0.383 e. The van der Waals surface area contributed by atoms with Gasteiger partial charge >= 0.3 is 0 Å². The molecule has 0 atom stereocenters. The summed E-state index contributed by atoms with van der Waals surface area (Å²) in [7, 11) is 0. The molecule has 2 aromatic heterocycles. The molecule has 0 saturated carbocycles. The lowest BCUT2D eigenvalue weighted by Gasteiger charge is -2.00. The van der Waals surface area contributed by atoms with E-state index < -0.39 is 11.6 Å². The van der Waals surface area contributed by atoms with Gasteiger partial charge in [-0.15, -0.1) is 11.3 Å². The molecule has 3 rings (SSSR count). The SMILES string of the molecule is Nc1ncccc1-c1nc(-c2ccc(F)cc2F)cs1. The van der Waals surface area contributed by atoms with Crippen molar-refractivity contribution in [1.82, 2.24) is 9.97 Å². The van der Waals surface area contributed by atoms with Gasteiger partial charge in [-0.25, -0.2) is 18.7 Å². The number of nitrogens with zero attached hydrogens (tertiary/aromatic N) is 2. The second-order valence-electron chi connectivity index (χ2n) is 4.10. The molecular weight excluding hydrogens is 280 g/mol. The van der Waals surface area contributed by atoms with Crippen molar-refractivity contribution in [1.29, 1.82) is 0 Å². The summed E-state index contributed by atoms with van der Waals surface area (Å²) in [6, 6.07) is 6.97. The molecule has 6 heteroatoms. The van der Waals surface area contributed by atoms with Crippen molar-refractivity contribution in [2.45, 2.75) is 0 Å². The number of halogens is 2. The first-order valence-electron chi connectivity index (χ1n) is 5.77. The van der Waals surface area contributed by atoms with Gasteiger partial charge in [-0.3, -0.25) is 0 Å². The van der Waals surface area contributed by atoms with Crippen LogP contribution in [-0.4, -0.2) is 9.97 Å². The monoisotopic (exact) mass is 289 g/mol. The second kappa shape index (κ2) is 4.97. The lowest BCUT2D eigenvalue weighted by Crippen LogP contribution is -1.92. The van der Waals surface area contributed by atoms with Crippen LogP contribution in [0.2, 0.25) is 0 Å². The second-order valence-corrected chi connectivity index (χ2v) is 4.96. The van der Waals surface area contributed by atoms with Crippen LogP contribution in [0.25, 0.3) is 21.8 Å². The highest BCUT2D eigenvalue weighted by Gasteiger charge is 2.12. The highest BCUT2D eigenvalue weighted by Crippen LogP contribution is 2.32. The number of rotatable bonds is 2. The Morgan fingerprint density at radius 1 is 1.10 bits per heavy atom. The summed E-state index contributed by atoms with van der Waals surface area (Å²) >= 11 is 1.33. The first-order valence-corrected chi connectivity index (χ1v) is 6.65. The predicted molar refractivity (Wildman–Crippen MR) is 75.1 cm³/mol. The standard InChI is InChI=1S/C14H9F2N3S/c15-8-3-4-9(11(16)6-8)12-7-20-14(19-12)10-2-1-5-18-13(10)17/h1-7H,(H2,17,18). The van der Waals surface area contributed by atoms with E-state index in [0.717, 1.165) is 6.07 Å². The van der Waals surface area contributed by atoms with Gasteiger partial charge in [0.15, 0.2) is 0 Å². The van der Waals surface area contributed by atoms with Crippen LogP contribution in [0.4, 0.5) is 14.6 Å². The molecule has 100 valence electrons. The van der Waals surface area contributed by atoms with E-state index in [-0.39, 0.29) is 5.56 Å². The minimum absolute atomic E-state index is 0.261. The van der Waals surface area contributed by atoms with Crippen LogP contribution < -0.4 is 5.73 Å². The predicted octanol–water partition coefficient (Wildman–Crippen LogP) is 3.73. The molecule has 0 fully saturated rings. The van der Waals surface area contributed by atoms with Crippen LogP contribution in [0.1, 0.15) is 0 Å². The van der Waals surface area contributed by atoms with E-state index in [2.05, 4.69) is 9.97 Å². The van der Waals surface area contributed by atoms with Crippen LogP contribution in [0.15, 0.2) is 41.9 Å². The Balaban J connectivity index is 2.04. The molecule has 0 bridgehead atoms. The van der Waals surface area contributed by atoms with Gasteiger partial charge in [0, 0.05) is 23.2 Å². The van der Waals surface area contributed by atoms with E-state index in [4.69, 9.17) is 5.73 Å². The van der Waals surface area contributed by atoms with Gasteiger partial charge in [0.25, 0.3) is 0 Å². The number of hydrogen-bond acceptors (Lipinski definition) is 4. The lowest BCUT2D eigenvalue weighted by molar-refractivity contribution is 0.585. The molecule has 0 amide bonds. The summed E-state index contributed by atoms with van der Waals surface area (Å²) in [5.74, 6) is -0.882.